The molecule has 0 radical (unpaired) electrons. The summed E-state index contributed by atoms with van der Waals surface area (Å²) in [5.41, 5.74) is 0. The second kappa shape index (κ2) is 3.75. The number of guanidine groups is 1. The van der Waals surface area contributed by atoms with Crippen LogP contribution in [0.2, 0.25) is 0 Å². The van der Waals surface area contributed by atoms with Gasteiger partial charge in [0.2, 0.25) is 5.96 Å². The summed E-state index contributed by atoms with van der Waals surface area (Å²) in [5, 5.41) is 2.74. The van der Waals surface area contributed by atoms with Crippen molar-refractivity contribution in [3.63, 3.8) is 0 Å². The molecule has 0 rings (SSSR count). The molecule has 0 aromatic heterocycles. The maximum Gasteiger partial charge on any atom is 0.220 e. The first-order chi connectivity index (χ1) is 3.35. The summed E-state index contributed by atoms with van der Waals surface area (Å²) in [5.74, 6) is 0.594. The maximum absolute atomic E-state index is 3.72. The fourth-order valence-corrected chi connectivity index (χ4v) is 0.430. The molecule has 4 heteroatoms. The van der Waals surface area contributed by atoms with Crippen LogP contribution in [-0.2, 0) is 0 Å². The van der Waals surface area contributed by atoms with E-state index in [2.05, 4.69) is 24.1 Å². The first-order valence-corrected chi connectivity index (χ1v) is 2.32. The Labute approximate surface area is 45.1 Å². The van der Waals surface area contributed by atoms with E-state index in [0.29, 0.717) is 5.96 Å². The highest BCUT2D eigenvalue weighted by Crippen LogP contribution is 1.74. The summed E-state index contributed by atoms with van der Waals surface area (Å²) in [6.07, 6.45) is 0. The van der Waals surface area contributed by atoms with Crippen LogP contribution >= 0.6 is 9.03 Å². The zero-order valence-corrected chi connectivity index (χ0v) is 5.39. The van der Waals surface area contributed by atoms with Gasteiger partial charge < -0.3 is 5.32 Å². The lowest BCUT2D eigenvalue weighted by atomic mass is 11.0. The quantitative estimate of drug-likeness (QED) is 0.280. The van der Waals surface area contributed by atoms with Crippen LogP contribution < -0.4 is 5.32 Å². The number of nitrogens with one attached hydrogen (secondary N) is 1. The first-order valence-electron chi connectivity index (χ1n) is 1.87. The van der Waals surface area contributed by atoms with E-state index in [1.807, 2.05) is 0 Å². The fourth-order valence-electron chi connectivity index (χ4n) is 0.218. The molecule has 0 heterocycles. The number of aliphatic imine (C=N–C) groups is 1. The van der Waals surface area contributed by atoms with Crippen LogP contribution in [0.15, 0.2) is 9.74 Å². The molecule has 0 spiro atoms. The van der Waals surface area contributed by atoms with Gasteiger partial charge in [0.25, 0.3) is 0 Å². The van der Waals surface area contributed by atoms with Gasteiger partial charge in [-0.15, -0.1) is 0 Å². The van der Waals surface area contributed by atoms with Crippen LogP contribution in [0.25, 0.3) is 0 Å². The highest BCUT2D eigenvalue weighted by atomic mass is 31.0. The average molecular weight is 117 g/mol. The maximum atomic E-state index is 3.72. The molecule has 3 nitrogen and oxygen atoms in total. The van der Waals surface area contributed by atoms with Crippen LogP contribution in [0.1, 0.15) is 0 Å². The summed E-state index contributed by atoms with van der Waals surface area (Å²) in [7, 11) is 6.33. The molecular formula is C3H8N3P. The van der Waals surface area contributed by atoms with Crippen molar-refractivity contribution in [3.8, 4) is 0 Å². The van der Waals surface area contributed by atoms with E-state index >= 15 is 0 Å². The molecule has 0 bridgehead atoms. The summed E-state index contributed by atoms with van der Waals surface area (Å²) >= 11 is 0. The molecule has 0 amide bonds. The minimum absolute atomic E-state index is 0.594. The molecule has 0 aliphatic heterocycles. The monoisotopic (exact) mass is 117 g/mol. The molecule has 0 aromatic rings. The van der Waals surface area contributed by atoms with Gasteiger partial charge in [-0.1, -0.05) is 0 Å². The molecule has 0 aromatic carbocycles. The SMILES string of the molecule is CN=C(N=P)NC. The van der Waals surface area contributed by atoms with Gasteiger partial charge >= 0.3 is 0 Å². The summed E-state index contributed by atoms with van der Waals surface area (Å²) in [6.45, 7) is 0. The normalized spacial score (nSPS) is 10.9. The van der Waals surface area contributed by atoms with Gasteiger partial charge in [-0.05, 0) is 9.03 Å². The molecule has 0 atom stereocenters. The van der Waals surface area contributed by atoms with Crippen LogP contribution in [0.3, 0.4) is 0 Å². The molecule has 0 unspecified atom stereocenters. The lowest BCUT2D eigenvalue weighted by Gasteiger charge is -1.90. The predicted molar refractivity (Wildman–Crippen MR) is 33.2 cm³/mol. The van der Waals surface area contributed by atoms with Gasteiger partial charge in [0.05, 0.1) is 0 Å². The van der Waals surface area contributed by atoms with Crippen LogP contribution in [0.4, 0.5) is 0 Å². The van der Waals surface area contributed by atoms with E-state index < -0.39 is 0 Å². The van der Waals surface area contributed by atoms with Crippen molar-refractivity contribution in [1.82, 2.24) is 5.32 Å². The number of rotatable bonds is 0. The Bertz CT molecular complexity index is 88.2. The van der Waals surface area contributed by atoms with Gasteiger partial charge in [0.1, 0.15) is 0 Å². The third kappa shape index (κ3) is 2.29. The van der Waals surface area contributed by atoms with E-state index in [9.17, 15) is 0 Å². The molecule has 0 aliphatic rings. The van der Waals surface area contributed by atoms with Crippen molar-refractivity contribution >= 4 is 15.0 Å². The second-order valence-electron chi connectivity index (χ2n) is 0.909. The minimum atomic E-state index is 0.594. The Morgan fingerprint density at radius 3 is 2.29 bits per heavy atom. The van der Waals surface area contributed by atoms with E-state index in [-0.39, 0.29) is 0 Å². The van der Waals surface area contributed by atoms with Crippen molar-refractivity contribution in [2.45, 2.75) is 0 Å². The summed E-state index contributed by atoms with van der Waals surface area (Å²) in [4.78, 5) is 3.72. The molecule has 7 heavy (non-hydrogen) atoms. The zero-order valence-electron chi connectivity index (χ0n) is 4.39. The standard InChI is InChI=1S/C3H8N3P/c1-4-3(5-2)6-7/h7H,1-2H3,(H,4,5). The molecular weight excluding hydrogens is 109 g/mol. The Balaban J connectivity index is 3.60. The summed E-state index contributed by atoms with van der Waals surface area (Å²) in [6, 6.07) is 0. The Kier molecular flexibility index (Phi) is 3.52. The predicted octanol–water partition coefficient (Wildman–Crippen LogP) is 0.518. The minimum Gasteiger partial charge on any atom is -0.357 e. The van der Waals surface area contributed by atoms with E-state index in [1.165, 1.54) is 0 Å². The molecule has 0 fully saturated rings. The van der Waals surface area contributed by atoms with Crippen LogP contribution in [-0.4, -0.2) is 20.1 Å². The second-order valence-corrected chi connectivity index (χ2v) is 1.13. The molecule has 0 saturated heterocycles. The highest BCUT2D eigenvalue weighted by Gasteiger charge is 1.79. The van der Waals surface area contributed by atoms with Crippen molar-refractivity contribution in [3.05, 3.63) is 0 Å². The third-order valence-corrected chi connectivity index (χ3v) is 0.753. The topological polar surface area (TPSA) is 36.8 Å². The average Bonchev–Trinajstić information content (AvgIpc) is 1.72. The van der Waals surface area contributed by atoms with Gasteiger partial charge in [-0.25, -0.2) is 4.74 Å². The first kappa shape index (κ1) is 6.57. The summed E-state index contributed by atoms with van der Waals surface area (Å²) < 4.78 is 3.57. The van der Waals surface area contributed by atoms with Gasteiger partial charge in [0, 0.05) is 14.1 Å². The van der Waals surface area contributed by atoms with E-state index in [1.54, 1.807) is 14.1 Å². The Morgan fingerprint density at radius 2 is 2.29 bits per heavy atom. The molecule has 0 aliphatic carbocycles. The molecule has 40 valence electrons. The number of hydrogen-bond donors (Lipinski definition) is 1. The third-order valence-electron chi connectivity index (χ3n) is 0.541. The smallest absolute Gasteiger partial charge is 0.220 e. The van der Waals surface area contributed by atoms with Crippen molar-refractivity contribution in [1.29, 1.82) is 0 Å². The van der Waals surface area contributed by atoms with Crippen molar-refractivity contribution in [2.24, 2.45) is 9.74 Å². The molecule has 0 saturated carbocycles. The zero-order chi connectivity index (χ0) is 5.70. The Hall–Kier alpha value is -0.430. The largest absolute Gasteiger partial charge is 0.357 e. The van der Waals surface area contributed by atoms with E-state index in [4.69, 9.17) is 0 Å². The van der Waals surface area contributed by atoms with Crippen molar-refractivity contribution < 1.29 is 0 Å². The van der Waals surface area contributed by atoms with Crippen LogP contribution in [0, 0.1) is 0 Å². The van der Waals surface area contributed by atoms with Gasteiger partial charge in [-0.2, -0.15) is 0 Å². The Morgan fingerprint density at radius 1 is 1.71 bits per heavy atom. The lowest BCUT2D eigenvalue weighted by molar-refractivity contribution is 1.13. The fraction of sp³-hybridized carbons (Fsp3) is 0.667. The molecule has 1 N–H and O–H groups in total. The van der Waals surface area contributed by atoms with E-state index in [0.717, 1.165) is 0 Å². The van der Waals surface area contributed by atoms with Gasteiger partial charge in [-0.3, -0.25) is 4.99 Å². The highest BCUT2D eigenvalue weighted by molar-refractivity contribution is 7.04. The lowest BCUT2D eigenvalue weighted by Crippen LogP contribution is -2.13. The number of nitrogens with zero attached hydrogens (tertiary/aromatic N) is 2. The number of hydrogen-bond acceptors (Lipinski definition) is 1. The van der Waals surface area contributed by atoms with Gasteiger partial charge in [0.15, 0.2) is 0 Å². The van der Waals surface area contributed by atoms with Crippen molar-refractivity contribution in [2.75, 3.05) is 14.1 Å². The van der Waals surface area contributed by atoms with Crippen LogP contribution in [0.5, 0.6) is 0 Å².